The molecule has 5 heteroatoms. The maximum absolute atomic E-state index is 13.1. The number of ketones is 1. The Labute approximate surface area is 147 Å². The largest absolute Gasteiger partial charge is 0.454 e. The van der Waals surface area contributed by atoms with Crippen molar-refractivity contribution in [1.82, 2.24) is 0 Å². The predicted octanol–water partition coefficient (Wildman–Crippen LogP) is 2.07. The lowest BCUT2D eigenvalue weighted by molar-refractivity contribution is -0.141. The third-order valence-electron chi connectivity index (χ3n) is 7.53. The molecule has 1 heterocycles. The molecule has 0 bridgehead atoms. The van der Waals surface area contributed by atoms with Gasteiger partial charge in [0, 0.05) is 17.4 Å². The first kappa shape index (κ1) is 17.0. The van der Waals surface area contributed by atoms with Crippen LogP contribution in [0.3, 0.4) is 0 Å². The van der Waals surface area contributed by atoms with Gasteiger partial charge in [0.2, 0.25) is 0 Å². The van der Waals surface area contributed by atoms with Crippen LogP contribution < -0.4 is 0 Å². The Bertz CT molecular complexity index is 732. The van der Waals surface area contributed by atoms with Crippen molar-refractivity contribution >= 4 is 11.8 Å². The summed E-state index contributed by atoms with van der Waals surface area (Å²) in [4.78, 5) is 25.0. The maximum atomic E-state index is 13.1. The molecule has 1 unspecified atom stereocenters. The van der Waals surface area contributed by atoms with Crippen LogP contribution >= 0.6 is 0 Å². The minimum atomic E-state index is -0.563. The zero-order chi connectivity index (χ0) is 18.1. The number of carbonyl (C=O) groups excluding carboxylic acids is 2. The average Bonchev–Trinajstić information content (AvgIpc) is 2.87. The lowest BCUT2D eigenvalue weighted by Gasteiger charge is -2.58. The zero-order valence-corrected chi connectivity index (χ0v) is 15.1. The van der Waals surface area contributed by atoms with E-state index in [1.807, 2.05) is 6.92 Å². The Hall–Kier alpha value is -1.46. The summed E-state index contributed by atoms with van der Waals surface area (Å²) >= 11 is 0. The molecule has 25 heavy (non-hydrogen) atoms. The van der Waals surface area contributed by atoms with Crippen molar-refractivity contribution in [2.24, 2.45) is 16.7 Å². The van der Waals surface area contributed by atoms with E-state index in [0.717, 1.165) is 24.0 Å². The van der Waals surface area contributed by atoms with Crippen molar-refractivity contribution in [1.29, 1.82) is 0 Å². The number of rotatable bonds is 1. The van der Waals surface area contributed by atoms with Gasteiger partial charge in [-0.15, -0.1) is 0 Å². The molecule has 4 aliphatic rings. The van der Waals surface area contributed by atoms with Gasteiger partial charge in [-0.1, -0.05) is 19.4 Å². The summed E-state index contributed by atoms with van der Waals surface area (Å²) in [6.45, 7) is 5.74. The quantitative estimate of drug-likeness (QED) is 0.710. The standard InChI is InChI=1S/C20H26O5/c1-10-16-13(25-18(10)24)8-12-11(17(16)23)4-5-14-19(12,2)7-6-15(22)20(14,3)9-21/h13-15,21-22H,4-9H2,1-3H3/t13-,14+,15-,19+,20?/m1/s1. The predicted molar refractivity (Wildman–Crippen MR) is 90.5 cm³/mol. The third-order valence-corrected chi connectivity index (χ3v) is 7.53. The lowest BCUT2D eigenvalue weighted by atomic mass is 9.47. The fourth-order valence-corrected chi connectivity index (χ4v) is 5.95. The number of hydrogen-bond acceptors (Lipinski definition) is 5. The zero-order valence-electron chi connectivity index (χ0n) is 15.1. The summed E-state index contributed by atoms with van der Waals surface area (Å²) in [6.07, 6.45) is 2.42. The van der Waals surface area contributed by atoms with Crippen LogP contribution in [0.25, 0.3) is 0 Å². The molecular formula is C20H26O5. The highest BCUT2D eigenvalue weighted by atomic mass is 16.5. The number of allylic oxidation sites excluding steroid dienone is 1. The van der Waals surface area contributed by atoms with E-state index in [4.69, 9.17) is 4.74 Å². The minimum absolute atomic E-state index is 0.0221. The molecular weight excluding hydrogens is 320 g/mol. The van der Waals surface area contributed by atoms with Crippen LogP contribution in [0.1, 0.15) is 52.9 Å². The molecule has 2 N–H and O–H groups in total. The Morgan fingerprint density at radius 1 is 1.24 bits per heavy atom. The fourth-order valence-electron chi connectivity index (χ4n) is 5.95. The molecule has 1 saturated carbocycles. The van der Waals surface area contributed by atoms with Gasteiger partial charge in [0.25, 0.3) is 0 Å². The van der Waals surface area contributed by atoms with E-state index in [2.05, 4.69) is 6.92 Å². The van der Waals surface area contributed by atoms with Crippen LogP contribution in [0.5, 0.6) is 0 Å². The van der Waals surface area contributed by atoms with Crippen LogP contribution in [0.4, 0.5) is 0 Å². The Balaban J connectivity index is 1.81. The molecule has 0 radical (unpaired) electrons. The van der Waals surface area contributed by atoms with Crippen LogP contribution in [-0.2, 0) is 14.3 Å². The van der Waals surface area contributed by atoms with Crippen molar-refractivity contribution in [3.8, 4) is 0 Å². The summed E-state index contributed by atoms with van der Waals surface area (Å²) < 4.78 is 5.45. The second-order valence-electron chi connectivity index (χ2n) is 8.65. The van der Waals surface area contributed by atoms with Gasteiger partial charge in [-0.05, 0) is 49.5 Å². The molecule has 0 aromatic carbocycles. The maximum Gasteiger partial charge on any atom is 0.334 e. The number of aliphatic hydroxyl groups is 2. The van der Waals surface area contributed by atoms with Gasteiger partial charge in [-0.25, -0.2) is 4.79 Å². The molecule has 0 saturated heterocycles. The van der Waals surface area contributed by atoms with Gasteiger partial charge in [-0.3, -0.25) is 4.79 Å². The fraction of sp³-hybridized carbons (Fsp3) is 0.700. The van der Waals surface area contributed by atoms with E-state index >= 15 is 0 Å². The smallest absolute Gasteiger partial charge is 0.334 e. The Morgan fingerprint density at radius 3 is 2.64 bits per heavy atom. The van der Waals surface area contributed by atoms with Gasteiger partial charge in [0.1, 0.15) is 6.10 Å². The van der Waals surface area contributed by atoms with Gasteiger partial charge in [0.05, 0.1) is 18.3 Å². The normalized spacial score (nSPS) is 43.6. The molecule has 0 aromatic rings. The molecule has 5 nitrogen and oxygen atoms in total. The first-order valence-corrected chi connectivity index (χ1v) is 9.22. The highest BCUT2D eigenvalue weighted by Gasteiger charge is 2.58. The van der Waals surface area contributed by atoms with E-state index in [-0.39, 0.29) is 29.7 Å². The van der Waals surface area contributed by atoms with E-state index in [0.29, 0.717) is 30.4 Å². The molecule has 3 aliphatic carbocycles. The topological polar surface area (TPSA) is 83.8 Å². The number of esters is 1. The van der Waals surface area contributed by atoms with Crippen molar-refractivity contribution < 1.29 is 24.5 Å². The summed E-state index contributed by atoms with van der Waals surface area (Å²) in [5, 5.41) is 20.6. The second-order valence-corrected chi connectivity index (χ2v) is 8.65. The molecule has 1 aliphatic heterocycles. The van der Waals surface area contributed by atoms with Gasteiger partial charge in [0.15, 0.2) is 5.78 Å². The van der Waals surface area contributed by atoms with E-state index in [1.54, 1.807) is 6.92 Å². The summed E-state index contributed by atoms with van der Waals surface area (Å²) in [5.74, 6) is -0.288. The third kappa shape index (κ3) is 2.02. The van der Waals surface area contributed by atoms with Crippen LogP contribution in [-0.4, -0.2) is 40.8 Å². The van der Waals surface area contributed by atoms with Gasteiger partial charge >= 0.3 is 5.97 Å². The Kier molecular flexibility index (Phi) is 3.58. The number of hydrogen-bond donors (Lipinski definition) is 2. The molecule has 5 atom stereocenters. The van der Waals surface area contributed by atoms with Crippen LogP contribution in [0.15, 0.2) is 22.3 Å². The number of ether oxygens (including phenoxy) is 1. The first-order valence-electron chi connectivity index (χ1n) is 9.22. The molecule has 1 fully saturated rings. The summed E-state index contributed by atoms with van der Waals surface area (Å²) in [5.41, 5.74) is 2.14. The number of aliphatic hydroxyl groups excluding tert-OH is 2. The molecule has 136 valence electrons. The summed E-state index contributed by atoms with van der Waals surface area (Å²) in [6, 6.07) is 0. The number of fused-ring (bicyclic) bond motifs is 3. The average molecular weight is 346 g/mol. The van der Waals surface area contributed by atoms with Crippen molar-refractivity contribution in [2.45, 2.75) is 65.1 Å². The number of Topliss-reactive ketones (excluding diaryl/α,β-unsaturated/α-hetero) is 1. The van der Waals surface area contributed by atoms with Gasteiger partial charge in [-0.2, -0.15) is 0 Å². The molecule has 0 spiro atoms. The lowest BCUT2D eigenvalue weighted by Crippen LogP contribution is -2.56. The minimum Gasteiger partial charge on any atom is -0.454 e. The highest BCUT2D eigenvalue weighted by molar-refractivity contribution is 6.16. The van der Waals surface area contributed by atoms with E-state index in [1.165, 1.54) is 0 Å². The molecule has 4 rings (SSSR count). The first-order chi connectivity index (χ1) is 11.7. The second kappa shape index (κ2) is 5.27. The van der Waals surface area contributed by atoms with Crippen molar-refractivity contribution in [3.05, 3.63) is 22.3 Å². The molecule has 0 amide bonds. The highest BCUT2D eigenvalue weighted by Crippen LogP contribution is 2.62. The van der Waals surface area contributed by atoms with Crippen LogP contribution in [0.2, 0.25) is 0 Å². The van der Waals surface area contributed by atoms with Crippen LogP contribution in [0, 0.1) is 16.7 Å². The monoisotopic (exact) mass is 346 g/mol. The van der Waals surface area contributed by atoms with E-state index < -0.39 is 17.6 Å². The van der Waals surface area contributed by atoms with E-state index in [9.17, 15) is 19.8 Å². The SMILES string of the molecule is CC1=C2C(=O)C3=C(C[C@H]2OC1=O)[C@]1(C)CC[C@@H](O)C(C)(CO)[C@H]1CC3. The number of carbonyl (C=O) groups is 2. The summed E-state index contributed by atoms with van der Waals surface area (Å²) in [7, 11) is 0. The Morgan fingerprint density at radius 2 is 1.96 bits per heavy atom. The van der Waals surface area contributed by atoms with Crippen molar-refractivity contribution in [3.63, 3.8) is 0 Å². The van der Waals surface area contributed by atoms with Gasteiger partial charge < -0.3 is 14.9 Å². The molecule has 0 aromatic heterocycles. The van der Waals surface area contributed by atoms with Crippen molar-refractivity contribution in [2.75, 3.05) is 6.61 Å².